The van der Waals surface area contributed by atoms with Gasteiger partial charge in [-0.3, -0.25) is 4.79 Å². The molecule has 0 radical (unpaired) electrons. The van der Waals surface area contributed by atoms with E-state index in [1.165, 1.54) is 25.9 Å². The van der Waals surface area contributed by atoms with Crippen LogP contribution in [0.2, 0.25) is 0 Å². The lowest BCUT2D eigenvalue weighted by molar-refractivity contribution is -0.124. The normalized spacial score (nSPS) is 18.9. The second-order valence-electron chi connectivity index (χ2n) is 5.95. The summed E-state index contributed by atoms with van der Waals surface area (Å²) in [6, 6.07) is -0.113. The molecule has 1 unspecified atom stereocenters. The fourth-order valence-corrected chi connectivity index (χ4v) is 2.07. The lowest BCUT2D eigenvalue weighted by Crippen LogP contribution is -2.51. The first kappa shape index (κ1) is 15.4. The molecule has 4 heteroatoms. The molecule has 106 valence electrons. The Morgan fingerprint density at radius 2 is 1.94 bits per heavy atom. The fourth-order valence-electron chi connectivity index (χ4n) is 2.07. The summed E-state index contributed by atoms with van der Waals surface area (Å²) in [5.41, 5.74) is -0.109. The number of rotatable bonds is 7. The van der Waals surface area contributed by atoms with Gasteiger partial charge in [-0.15, -0.1) is 0 Å². The molecule has 0 aromatic heterocycles. The molecule has 1 heterocycles. The van der Waals surface area contributed by atoms with Crippen molar-refractivity contribution in [3.8, 4) is 0 Å². The highest BCUT2D eigenvalue weighted by atomic mass is 16.2. The van der Waals surface area contributed by atoms with Gasteiger partial charge in [0.1, 0.15) is 0 Å². The van der Waals surface area contributed by atoms with Gasteiger partial charge in [0.15, 0.2) is 0 Å². The molecule has 0 saturated carbocycles. The van der Waals surface area contributed by atoms with Crippen molar-refractivity contribution in [2.45, 2.75) is 58.5 Å². The van der Waals surface area contributed by atoms with Crippen LogP contribution in [0.15, 0.2) is 0 Å². The Balaban J connectivity index is 2.18. The van der Waals surface area contributed by atoms with Gasteiger partial charge in [0, 0.05) is 18.6 Å². The monoisotopic (exact) mass is 255 g/mol. The molecule has 0 bridgehead atoms. The Kier molecular flexibility index (Phi) is 6.09. The van der Waals surface area contributed by atoms with Crippen molar-refractivity contribution in [1.29, 1.82) is 0 Å². The first-order valence-corrected chi connectivity index (χ1v) is 7.22. The third kappa shape index (κ3) is 5.36. The van der Waals surface area contributed by atoms with Crippen LogP contribution in [-0.4, -0.2) is 48.6 Å². The van der Waals surface area contributed by atoms with Crippen LogP contribution in [0.1, 0.15) is 47.0 Å². The third-order valence-corrected chi connectivity index (χ3v) is 3.82. The van der Waals surface area contributed by atoms with Crippen molar-refractivity contribution in [2.75, 3.05) is 26.2 Å². The minimum absolute atomic E-state index is 0.100. The van der Waals surface area contributed by atoms with Crippen LogP contribution in [-0.2, 0) is 4.79 Å². The van der Waals surface area contributed by atoms with E-state index in [-0.39, 0.29) is 17.5 Å². The van der Waals surface area contributed by atoms with Crippen LogP contribution < -0.4 is 10.6 Å². The summed E-state index contributed by atoms with van der Waals surface area (Å²) in [5, 5.41) is 6.37. The molecular weight excluding hydrogens is 226 g/mol. The van der Waals surface area contributed by atoms with Gasteiger partial charge in [0.2, 0.25) is 5.91 Å². The summed E-state index contributed by atoms with van der Waals surface area (Å²) in [7, 11) is 0. The standard InChI is InChI=1S/C14H29N3O/c1-5-14(3,4)16-13(18)12(2)15-8-11-17-9-6-7-10-17/h12,15H,5-11H2,1-4H3,(H,16,18). The lowest BCUT2D eigenvalue weighted by Gasteiger charge is -2.27. The van der Waals surface area contributed by atoms with Crippen LogP contribution in [0.3, 0.4) is 0 Å². The van der Waals surface area contributed by atoms with E-state index in [1.807, 2.05) is 6.92 Å². The van der Waals surface area contributed by atoms with Crippen molar-refractivity contribution in [3.63, 3.8) is 0 Å². The van der Waals surface area contributed by atoms with E-state index in [2.05, 4.69) is 36.3 Å². The topological polar surface area (TPSA) is 44.4 Å². The molecule has 0 aromatic rings. The minimum Gasteiger partial charge on any atom is -0.350 e. The van der Waals surface area contributed by atoms with Crippen LogP contribution in [0, 0.1) is 0 Å². The fraction of sp³-hybridized carbons (Fsp3) is 0.929. The van der Waals surface area contributed by atoms with Crippen LogP contribution in [0.25, 0.3) is 0 Å². The molecule has 1 amide bonds. The predicted molar refractivity (Wildman–Crippen MR) is 75.7 cm³/mol. The highest BCUT2D eigenvalue weighted by Crippen LogP contribution is 2.07. The molecule has 1 aliphatic rings. The average molecular weight is 255 g/mol. The highest BCUT2D eigenvalue weighted by Gasteiger charge is 2.21. The van der Waals surface area contributed by atoms with E-state index in [4.69, 9.17) is 0 Å². The van der Waals surface area contributed by atoms with Crippen molar-refractivity contribution < 1.29 is 4.79 Å². The SMILES string of the molecule is CCC(C)(C)NC(=O)C(C)NCCN1CCCC1. The summed E-state index contributed by atoms with van der Waals surface area (Å²) in [4.78, 5) is 14.4. The van der Waals surface area contributed by atoms with E-state index in [0.29, 0.717) is 0 Å². The van der Waals surface area contributed by atoms with Gasteiger partial charge < -0.3 is 15.5 Å². The predicted octanol–water partition coefficient (Wildman–Crippen LogP) is 1.37. The number of nitrogens with one attached hydrogen (secondary N) is 2. The molecule has 4 nitrogen and oxygen atoms in total. The van der Waals surface area contributed by atoms with Crippen molar-refractivity contribution in [2.24, 2.45) is 0 Å². The largest absolute Gasteiger partial charge is 0.350 e. The quantitative estimate of drug-likeness (QED) is 0.722. The first-order valence-electron chi connectivity index (χ1n) is 7.22. The zero-order valence-electron chi connectivity index (χ0n) is 12.4. The van der Waals surface area contributed by atoms with Crippen molar-refractivity contribution in [1.82, 2.24) is 15.5 Å². The number of hydrogen-bond acceptors (Lipinski definition) is 3. The number of carbonyl (C=O) groups is 1. The van der Waals surface area contributed by atoms with Crippen molar-refractivity contribution >= 4 is 5.91 Å². The molecule has 1 aliphatic heterocycles. The summed E-state index contributed by atoms with van der Waals surface area (Å²) in [6.45, 7) is 12.5. The summed E-state index contributed by atoms with van der Waals surface area (Å²) in [6.07, 6.45) is 3.58. The van der Waals surface area contributed by atoms with Gasteiger partial charge in [-0.05, 0) is 53.1 Å². The number of hydrogen-bond donors (Lipinski definition) is 2. The Labute approximate surface area is 111 Å². The summed E-state index contributed by atoms with van der Waals surface area (Å²) in [5.74, 6) is 0.100. The molecule has 1 saturated heterocycles. The average Bonchev–Trinajstić information content (AvgIpc) is 2.81. The van der Waals surface area contributed by atoms with Gasteiger partial charge in [-0.2, -0.15) is 0 Å². The number of nitrogens with zero attached hydrogens (tertiary/aromatic N) is 1. The molecule has 1 atom stereocenters. The second kappa shape index (κ2) is 7.10. The molecular formula is C14H29N3O. The zero-order valence-corrected chi connectivity index (χ0v) is 12.4. The van der Waals surface area contributed by atoms with Gasteiger partial charge in [0.05, 0.1) is 6.04 Å². The summed E-state index contributed by atoms with van der Waals surface area (Å²) < 4.78 is 0. The molecule has 0 spiro atoms. The molecule has 18 heavy (non-hydrogen) atoms. The van der Waals surface area contributed by atoms with E-state index in [0.717, 1.165) is 19.5 Å². The zero-order chi connectivity index (χ0) is 13.6. The Morgan fingerprint density at radius 1 is 1.33 bits per heavy atom. The molecule has 0 aliphatic carbocycles. The maximum absolute atomic E-state index is 12.0. The van der Waals surface area contributed by atoms with Crippen LogP contribution in [0.4, 0.5) is 0 Å². The Bertz CT molecular complexity index is 260. The Morgan fingerprint density at radius 3 is 2.50 bits per heavy atom. The molecule has 1 rings (SSSR count). The number of carbonyl (C=O) groups excluding carboxylic acids is 1. The van der Waals surface area contributed by atoms with E-state index in [9.17, 15) is 4.79 Å². The van der Waals surface area contributed by atoms with Crippen molar-refractivity contribution in [3.05, 3.63) is 0 Å². The molecule has 1 fully saturated rings. The van der Waals surface area contributed by atoms with Gasteiger partial charge in [-0.25, -0.2) is 0 Å². The maximum Gasteiger partial charge on any atom is 0.237 e. The van der Waals surface area contributed by atoms with Gasteiger partial charge >= 0.3 is 0 Å². The van der Waals surface area contributed by atoms with E-state index in [1.54, 1.807) is 0 Å². The maximum atomic E-state index is 12.0. The van der Waals surface area contributed by atoms with Crippen LogP contribution >= 0.6 is 0 Å². The highest BCUT2D eigenvalue weighted by molar-refractivity contribution is 5.81. The summed E-state index contributed by atoms with van der Waals surface area (Å²) >= 11 is 0. The smallest absolute Gasteiger partial charge is 0.237 e. The van der Waals surface area contributed by atoms with Crippen LogP contribution in [0.5, 0.6) is 0 Å². The first-order chi connectivity index (χ1) is 8.44. The Hall–Kier alpha value is -0.610. The molecule has 2 N–H and O–H groups in total. The van der Waals surface area contributed by atoms with E-state index < -0.39 is 0 Å². The lowest BCUT2D eigenvalue weighted by atomic mass is 10.0. The minimum atomic E-state index is -0.113. The third-order valence-electron chi connectivity index (χ3n) is 3.82. The second-order valence-corrected chi connectivity index (χ2v) is 5.95. The van der Waals surface area contributed by atoms with Gasteiger partial charge in [-0.1, -0.05) is 6.92 Å². The van der Waals surface area contributed by atoms with E-state index >= 15 is 0 Å². The number of amides is 1. The molecule has 0 aromatic carbocycles. The number of likely N-dealkylation sites (tertiary alicyclic amines) is 1. The van der Waals surface area contributed by atoms with Gasteiger partial charge in [0.25, 0.3) is 0 Å².